The van der Waals surface area contributed by atoms with E-state index in [1.54, 1.807) is 63.6 Å². The Balaban J connectivity index is 1.64. The van der Waals surface area contributed by atoms with Crippen molar-refractivity contribution in [3.8, 4) is 17.2 Å². The third kappa shape index (κ3) is 5.08. The lowest BCUT2D eigenvalue weighted by Crippen LogP contribution is -2.51. The van der Waals surface area contributed by atoms with E-state index in [0.29, 0.717) is 22.1 Å². The highest BCUT2D eigenvalue weighted by atomic mass is 35.5. The number of carbonyl (C=O) groups is 1. The molecule has 3 aromatic rings. The third-order valence-corrected chi connectivity index (χ3v) is 7.98. The average Bonchev–Trinajstić information content (AvgIpc) is 2.87. The molecule has 0 saturated carbocycles. The summed E-state index contributed by atoms with van der Waals surface area (Å²) in [6.07, 6.45) is -1.10. The van der Waals surface area contributed by atoms with Crippen molar-refractivity contribution in [3.05, 3.63) is 76.8 Å². The number of hydrogen-bond acceptors (Lipinski definition) is 6. The van der Waals surface area contributed by atoms with Crippen molar-refractivity contribution in [1.82, 2.24) is 5.32 Å². The number of fused-ring (bicyclic) bond motifs is 1. The van der Waals surface area contributed by atoms with E-state index in [9.17, 15) is 13.2 Å². The lowest BCUT2D eigenvalue weighted by Gasteiger charge is -2.35. The lowest BCUT2D eigenvalue weighted by atomic mass is 10.1. The molecule has 1 N–H and O–H groups in total. The molecule has 4 rings (SSSR count). The molecule has 0 unspecified atom stereocenters. The normalized spacial score (nSPS) is 15.9. The van der Waals surface area contributed by atoms with Crippen molar-refractivity contribution in [2.75, 3.05) is 25.1 Å². The molecular formula is C26H27ClN2O6S. The van der Waals surface area contributed by atoms with Gasteiger partial charge in [0.1, 0.15) is 17.2 Å². The van der Waals surface area contributed by atoms with Gasteiger partial charge in [0.25, 0.3) is 15.9 Å². The van der Waals surface area contributed by atoms with Gasteiger partial charge in [-0.1, -0.05) is 29.3 Å². The molecule has 0 spiro atoms. The van der Waals surface area contributed by atoms with Gasteiger partial charge in [0.15, 0.2) is 6.10 Å². The average molecular weight is 531 g/mol. The fraction of sp³-hybridized carbons (Fsp3) is 0.269. The summed E-state index contributed by atoms with van der Waals surface area (Å²) in [5.74, 6) is 0.962. The third-order valence-electron chi connectivity index (χ3n) is 5.95. The zero-order valence-corrected chi connectivity index (χ0v) is 21.9. The van der Waals surface area contributed by atoms with E-state index < -0.39 is 28.1 Å². The van der Waals surface area contributed by atoms with Crippen LogP contribution >= 0.6 is 11.6 Å². The van der Waals surface area contributed by atoms with Crippen LogP contribution in [0.1, 0.15) is 24.1 Å². The van der Waals surface area contributed by atoms with Crippen molar-refractivity contribution in [2.45, 2.75) is 30.9 Å². The van der Waals surface area contributed by atoms with E-state index in [1.165, 1.54) is 22.5 Å². The number of sulfonamides is 1. The topological polar surface area (TPSA) is 94.2 Å². The number of methoxy groups -OCH3 is 2. The van der Waals surface area contributed by atoms with E-state index >= 15 is 0 Å². The van der Waals surface area contributed by atoms with Crippen molar-refractivity contribution < 1.29 is 27.4 Å². The van der Waals surface area contributed by atoms with Crippen LogP contribution in [0.3, 0.4) is 0 Å². The minimum Gasteiger partial charge on any atom is -0.497 e. The zero-order valence-electron chi connectivity index (χ0n) is 20.3. The van der Waals surface area contributed by atoms with Crippen LogP contribution in [-0.4, -0.2) is 41.2 Å². The Morgan fingerprint density at radius 2 is 1.81 bits per heavy atom. The van der Waals surface area contributed by atoms with Crippen molar-refractivity contribution >= 4 is 33.2 Å². The van der Waals surface area contributed by atoms with E-state index in [1.807, 2.05) is 6.92 Å². The molecule has 36 heavy (non-hydrogen) atoms. The summed E-state index contributed by atoms with van der Waals surface area (Å²) >= 11 is 6.17. The maximum Gasteiger partial charge on any atom is 0.264 e. The monoisotopic (exact) mass is 530 g/mol. The van der Waals surface area contributed by atoms with Crippen molar-refractivity contribution in [3.63, 3.8) is 0 Å². The fourth-order valence-corrected chi connectivity index (χ4v) is 5.62. The van der Waals surface area contributed by atoms with Crippen molar-refractivity contribution in [2.24, 2.45) is 0 Å². The number of aryl methyl sites for hydroxylation is 1. The molecule has 0 radical (unpaired) electrons. The molecule has 3 aromatic carbocycles. The number of ether oxygens (including phenoxy) is 3. The van der Waals surface area contributed by atoms with Crippen molar-refractivity contribution in [1.29, 1.82) is 0 Å². The predicted molar refractivity (Wildman–Crippen MR) is 138 cm³/mol. The van der Waals surface area contributed by atoms with Gasteiger partial charge >= 0.3 is 0 Å². The number of nitrogens with one attached hydrogen (secondary N) is 1. The molecule has 10 heteroatoms. The van der Waals surface area contributed by atoms with Crippen LogP contribution in [0, 0.1) is 6.92 Å². The highest BCUT2D eigenvalue weighted by Gasteiger charge is 2.38. The Kier molecular flexibility index (Phi) is 7.33. The molecule has 0 bridgehead atoms. The SMILES string of the molecule is COc1ccc(OC)c([C@@H](C)NC(=O)[C@@H]2CN(S(=O)(=O)c3ccc(C)cc3)c3cc(Cl)ccc3O2)c1. The number of anilines is 1. The minimum absolute atomic E-state index is 0.106. The minimum atomic E-state index is -4.00. The molecule has 0 saturated heterocycles. The summed E-state index contributed by atoms with van der Waals surface area (Å²) in [4.78, 5) is 13.4. The molecule has 0 fully saturated rings. The first kappa shape index (κ1) is 25.7. The molecule has 1 heterocycles. The van der Waals surface area contributed by atoms with Crippen LogP contribution in [-0.2, 0) is 14.8 Å². The number of benzene rings is 3. The number of rotatable bonds is 7. The van der Waals surface area contributed by atoms with E-state index in [4.69, 9.17) is 25.8 Å². The summed E-state index contributed by atoms with van der Waals surface area (Å²) in [6.45, 7) is 3.45. The highest BCUT2D eigenvalue weighted by molar-refractivity contribution is 7.92. The summed E-state index contributed by atoms with van der Waals surface area (Å²) in [5.41, 5.74) is 1.91. The Hall–Kier alpha value is -3.43. The number of amides is 1. The van der Waals surface area contributed by atoms with Gasteiger partial charge in [0, 0.05) is 10.6 Å². The maximum absolute atomic E-state index is 13.6. The summed E-state index contributed by atoms with van der Waals surface area (Å²) in [6, 6.07) is 16.0. The van der Waals surface area contributed by atoms with Gasteiger partial charge in [-0.3, -0.25) is 9.10 Å². The van der Waals surface area contributed by atoms with Gasteiger partial charge in [0.2, 0.25) is 0 Å². The van der Waals surface area contributed by atoms with Crippen LogP contribution in [0.4, 0.5) is 5.69 Å². The van der Waals surface area contributed by atoms with E-state index in [0.717, 1.165) is 5.56 Å². The second kappa shape index (κ2) is 10.3. The smallest absolute Gasteiger partial charge is 0.264 e. The van der Waals surface area contributed by atoms with Gasteiger partial charge < -0.3 is 19.5 Å². The summed E-state index contributed by atoms with van der Waals surface area (Å²) < 4.78 is 45.0. The maximum atomic E-state index is 13.6. The predicted octanol–water partition coefficient (Wildman–Crippen LogP) is 4.50. The molecule has 1 aliphatic heterocycles. The standard InChI is InChI=1S/C26H27ClN2O6S/c1-16-5-9-20(10-6-16)36(31,32)29-15-25(35-24-11-7-18(27)13-22(24)29)26(30)28-17(2)21-14-19(33-3)8-12-23(21)34-4/h5-14,17,25H,15H2,1-4H3,(H,28,30)/t17-,25+/m1/s1. The first-order valence-electron chi connectivity index (χ1n) is 11.2. The Morgan fingerprint density at radius 3 is 2.47 bits per heavy atom. The number of nitrogens with zero attached hydrogens (tertiary/aromatic N) is 1. The molecule has 2 atom stereocenters. The van der Waals surface area contributed by atoms with Crippen LogP contribution < -0.4 is 23.8 Å². The quantitative estimate of drug-likeness (QED) is 0.483. The molecular weight excluding hydrogens is 504 g/mol. The molecule has 0 aliphatic carbocycles. The molecule has 1 amide bonds. The number of carbonyl (C=O) groups excluding carboxylic acids is 1. The molecule has 8 nitrogen and oxygen atoms in total. The Bertz CT molecular complexity index is 1380. The largest absolute Gasteiger partial charge is 0.497 e. The van der Waals surface area contributed by atoms with Crippen LogP contribution in [0.2, 0.25) is 5.02 Å². The highest BCUT2D eigenvalue weighted by Crippen LogP contribution is 2.39. The Labute approximate surface area is 215 Å². The van der Waals surface area contributed by atoms with Gasteiger partial charge in [-0.25, -0.2) is 8.42 Å². The summed E-state index contributed by atoms with van der Waals surface area (Å²) in [5, 5.41) is 3.26. The number of hydrogen-bond donors (Lipinski definition) is 1. The Morgan fingerprint density at radius 1 is 1.08 bits per heavy atom. The van der Waals surface area contributed by atoms with E-state index in [2.05, 4.69) is 5.32 Å². The second-order valence-corrected chi connectivity index (χ2v) is 10.7. The zero-order chi connectivity index (χ0) is 26.0. The van der Waals surface area contributed by atoms with Crippen LogP contribution in [0.25, 0.3) is 0 Å². The van der Waals surface area contributed by atoms with Gasteiger partial charge in [0.05, 0.1) is 37.4 Å². The van der Waals surface area contributed by atoms with Gasteiger partial charge in [-0.2, -0.15) is 0 Å². The molecule has 1 aliphatic rings. The molecule has 190 valence electrons. The van der Waals surface area contributed by atoms with Gasteiger partial charge in [-0.15, -0.1) is 0 Å². The molecule has 0 aromatic heterocycles. The lowest BCUT2D eigenvalue weighted by molar-refractivity contribution is -0.128. The fourth-order valence-electron chi connectivity index (χ4n) is 3.99. The first-order chi connectivity index (χ1) is 17.1. The second-order valence-electron chi connectivity index (χ2n) is 8.41. The van der Waals surface area contributed by atoms with Crippen LogP contribution in [0.15, 0.2) is 65.6 Å². The van der Waals surface area contributed by atoms with Crippen LogP contribution in [0.5, 0.6) is 17.2 Å². The summed E-state index contributed by atoms with van der Waals surface area (Å²) in [7, 11) is -0.903. The van der Waals surface area contributed by atoms with Gasteiger partial charge in [-0.05, 0) is 62.4 Å². The number of halogens is 1. The first-order valence-corrected chi connectivity index (χ1v) is 13.0. The van der Waals surface area contributed by atoms with E-state index in [-0.39, 0.29) is 22.9 Å².